The van der Waals surface area contributed by atoms with Crippen LogP contribution in [0, 0.1) is 11.3 Å². The minimum absolute atomic E-state index is 0.153. The highest BCUT2D eigenvalue weighted by Crippen LogP contribution is 2.35. The van der Waals surface area contributed by atoms with Gasteiger partial charge in [0.05, 0.1) is 5.92 Å². The zero-order chi connectivity index (χ0) is 13.8. The van der Waals surface area contributed by atoms with E-state index in [0.717, 1.165) is 19.5 Å². The molecule has 1 atom stereocenters. The average molecular weight is 266 g/mol. The largest absolute Gasteiger partial charge is 0.391 e. The van der Waals surface area contributed by atoms with Crippen molar-refractivity contribution in [3.05, 3.63) is 0 Å². The molecule has 0 aromatic carbocycles. The number of piperidine rings is 1. The van der Waals surface area contributed by atoms with Crippen LogP contribution < -0.4 is 5.32 Å². The highest BCUT2D eigenvalue weighted by molar-refractivity contribution is 4.83. The first-order chi connectivity index (χ1) is 8.30. The number of hydrogen-bond donors (Lipinski definition) is 1. The average Bonchev–Trinajstić information content (AvgIpc) is 2.29. The molecule has 0 aliphatic carbocycles. The van der Waals surface area contributed by atoms with E-state index >= 15 is 0 Å². The van der Waals surface area contributed by atoms with Crippen LogP contribution in [0.3, 0.4) is 0 Å². The van der Waals surface area contributed by atoms with Crippen molar-refractivity contribution in [2.45, 2.75) is 39.3 Å². The third-order valence-corrected chi connectivity index (χ3v) is 4.11. The molecule has 0 aromatic rings. The maximum atomic E-state index is 12.6. The van der Waals surface area contributed by atoms with Gasteiger partial charge in [0.25, 0.3) is 0 Å². The van der Waals surface area contributed by atoms with E-state index in [-0.39, 0.29) is 18.3 Å². The molecule has 1 unspecified atom stereocenters. The Hall–Kier alpha value is -0.290. The maximum Gasteiger partial charge on any atom is 0.391 e. The molecule has 5 heteroatoms. The molecule has 1 heterocycles. The normalized spacial score (nSPS) is 23.0. The van der Waals surface area contributed by atoms with Crippen molar-refractivity contribution in [3.63, 3.8) is 0 Å². The van der Waals surface area contributed by atoms with Gasteiger partial charge >= 0.3 is 6.18 Å². The molecular formula is C13H25F3N2. The minimum atomic E-state index is -4.01. The van der Waals surface area contributed by atoms with Crippen LogP contribution in [-0.4, -0.2) is 44.3 Å². The number of likely N-dealkylation sites (tertiary alicyclic amines) is 1. The third kappa shape index (κ3) is 4.43. The summed E-state index contributed by atoms with van der Waals surface area (Å²) >= 11 is 0. The van der Waals surface area contributed by atoms with Crippen LogP contribution >= 0.6 is 0 Å². The van der Waals surface area contributed by atoms with Gasteiger partial charge in [-0.1, -0.05) is 13.8 Å². The predicted molar refractivity (Wildman–Crippen MR) is 67.5 cm³/mol. The summed E-state index contributed by atoms with van der Waals surface area (Å²) in [5.74, 6) is -1.09. The van der Waals surface area contributed by atoms with Crippen molar-refractivity contribution in [1.29, 1.82) is 0 Å². The Bertz CT molecular complexity index is 247. The topological polar surface area (TPSA) is 15.3 Å². The summed E-state index contributed by atoms with van der Waals surface area (Å²) in [6.45, 7) is 7.27. The quantitative estimate of drug-likeness (QED) is 0.823. The van der Waals surface area contributed by atoms with Gasteiger partial charge in [-0.05, 0) is 44.8 Å². The van der Waals surface area contributed by atoms with Gasteiger partial charge in [0.15, 0.2) is 0 Å². The molecule has 1 aliphatic heterocycles. The van der Waals surface area contributed by atoms with Crippen molar-refractivity contribution in [2.24, 2.45) is 11.3 Å². The Morgan fingerprint density at radius 3 is 2.17 bits per heavy atom. The third-order valence-electron chi connectivity index (χ3n) is 4.11. The Labute approximate surface area is 108 Å². The lowest BCUT2D eigenvalue weighted by Crippen LogP contribution is -2.46. The smallest absolute Gasteiger partial charge is 0.319 e. The number of alkyl halides is 3. The molecule has 1 fully saturated rings. The summed E-state index contributed by atoms with van der Waals surface area (Å²) in [6.07, 6.45) is -2.47. The fourth-order valence-electron chi connectivity index (χ4n) is 2.68. The summed E-state index contributed by atoms with van der Waals surface area (Å²) in [4.78, 5) is 2.18. The number of nitrogens with one attached hydrogen (secondary N) is 1. The maximum absolute atomic E-state index is 12.6. The second-order valence-corrected chi connectivity index (χ2v) is 5.79. The van der Waals surface area contributed by atoms with Crippen molar-refractivity contribution < 1.29 is 13.2 Å². The fourth-order valence-corrected chi connectivity index (χ4v) is 2.68. The standard InChI is InChI=1S/C13H25F3N2/c1-4-12(2,9-17-3)10-18-7-5-11(6-8-18)13(14,15)16/h11,17H,4-10H2,1-3H3. The molecule has 0 amide bonds. The summed E-state index contributed by atoms with van der Waals surface area (Å²) < 4.78 is 37.7. The molecule has 0 radical (unpaired) electrons. The number of halogens is 3. The first-order valence-electron chi connectivity index (χ1n) is 6.74. The molecule has 2 nitrogen and oxygen atoms in total. The van der Waals surface area contributed by atoms with Gasteiger partial charge in [0.1, 0.15) is 0 Å². The molecule has 0 aromatic heterocycles. The van der Waals surface area contributed by atoms with Crippen LogP contribution in [0.5, 0.6) is 0 Å². The van der Waals surface area contributed by atoms with E-state index in [1.165, 1.54) is 0 Å². The lowest BCUT2D eigenvalue weighted by atomic mass is 9.85. The first kappa shape index (κ1) is 15.8. The summed E-state index contributed by atoms with van der Waals surface area (Å²) in [5, 5.41) is 3.18. The van der Waals surface area contributed by atoms with Gasteiger partial charge in [0, 0.05) is 13.1 Å². The number of hydrogen-bond acceptors (Lipinski definition) is 2. The van der Waals surface area contributed by atoms with Crippen molar-refractivity contribution in [1.82, 2.24) is 10.2 Å². The summed E-state index contributed by atoms with van der Waals surface area (Å²) in [7, 11) is 1.92. The van der Waals surface area contributed by atoms with Gasteiger partial charge in [-0.2, -0.15) is 13.2 Å². The van der Waals surface area contributed by atoms with Gasteiger partial charge < -0.3 is 10.2 Å². The van der Waals surface area contributed by atoms with Gasteiger partial charge in [0.2, 0.25) is 0 Å². The second-order valence-electron chi connectivity index (χ2n) is 5.79. The van der Waals surface area contributed by atoms with Crippen LogP contribution in [0.1, 0.15) is 33.1 Å². The minimum Gasteiger partial charge on any atom is -0.319 e. The van der Waals surface area contributed by atoms with Crippen molar-refractivity contribution >= 4 is 0 Å². The van der Waals surface area contributed by atoms with E-state index in [1.807, 2.05) is 7.05 Å². The molecule has 1 N–H and O–H groups in total. The Morgan fingerprint density at radius 1 is 1.22 bits per heavy atom. The molecule has 18 heavy (non-hydrogen) atoms. The summed E-state index contributed by atoms with van der Waals surface area (Å²) in [6, 6.07) is 0. The van der Waals surface area contributed by atoms with Crippen LogP contribution in [-0.2, 0) is 0 Å². The predicted octanol–water partition coefficient (Wildman–Crippen LogP) is 2.90. The van der Waals surface area contributed by atoms with Gasteiger partial charge in [-0.15, -0.1) is 0 Å². The Kier molecular flexibility index (Phi) is 5.46. The van der Waals surface area contributed by atoms with Crippen molar-refractivity contribution in [3.8, 4) is 0 Å². The SMILES string of the molecule is CCC(C)(CNC)CN1CCC(C(F)(F)F)CC1. The van der Waals surface area contributed by atoms with Crippen molar-refractivity contribution in [2.75, 3.05) is 33.2 Å². The number of rotatable bonds is 5. The zero-order valence-corrected chi connectivity index (χ0v) is 11.6. The first-order valence-corrected chi connectivity index (χ1v) is 6.74. The van der Waals surface area contributed by atoms with E-state index in [2.05, 4.69) is 24.1 Å². The van der Waals surface area contributed by atoms with E-state index in [4.69, 9.17) is 0 Å². The van der Waals surface area contributed by atoms with E-state index in [0.29, 0.717) is 13.1 Å². The van der Waals surface area contributed by atoms with Crippen LogP contribution in [0.25, 0.3) is 0 Å². The fraction of sp³-hybridized carbons (Fsp3) is 1.00. The monoisotopic (exact) mass is 266 g/mol. The molecule has 0 bridgehead atoms. The Balaban J connectivity index is 2.44. The molecule has 108 valence electrons. The lowest BCUT2D eigenvalue weighted by molar-refractivity contribution is -0.185. The molecule has 0 saturated carbocycles. The highest BCUT2D eigenvalue weighted by Gasteiger charge is 2.41. The van der Waals surface area contributed by atoms with Gasteiger partial charge in [-0.3, -0.25) is 0 Å². The van der Waals surface area contributed by atoms with E-state index in [9.17, 15) is 13.2 Å². The molecule has 1 saturated heterocycles. The lowest BCUT2D eigenvalue weighted by Gasteiger charge is -2.39. The second kappa shape index (κ2) is 6.24. The summed E-state index contributed by atoms with van der Waals surface area (Å²) in [5.41, 5.74) is 0.153. The molecule has 1 aliphatic rings. The van der Waals surface area contributed by atoms with E-state index in [1.54, 1.807) is 0 Å². The van der Waals surface area contributed by atoms with Gasteiger partial charge in [-0.25, -0.2) is 0 Å². The molecule has 1 rings (SSSR count). The Morgan fingerprint density at radius 2 is 1.78 bits per heavy atom. The van der Waals surface area contributed by atoms with E-state index < -0.39 is 12.1 Å². The zero-order valence-electron chi connectivity index (χ0n) is 11.6. The van der Waals surface area contributed by atoms with Crippen LogP contribution in [0.2, 0.25) is 0 Å². The molecular weight excluding hydrogens is 241 g/mol. The van der Waals surface area contributed by atoms with Crippen LogP contribution in [0.15, 0.2) is 0 Å². The highest BCUT2D eigenvalue weighted by atomic mass is 19.4. The van der Waals surface area contributed by atoms with Crippen LogP contribution in [0.4, 0.5) is 13.2 Å². The molecule has 0 spiro atoms. The number of nitrogens with zero attached hydrogens (tertiary/aromatic N) is 1.